The van der Waals surface area contributed by atoms with E-state index in [9.17, 15) is 4.79 Å². The lowest BCUT2D eigenvalue weighted by molar-refractivity contribution is 0.0802. The smallest absolute Gasteiger partial charge is 0.251 e. The average molecular weight is 225 g/mol. The summed E-state index contributed by atoms with van der Waals surface area (Å²) < 4.78 is 0. The Bertz CT molecular complexity index is 361. The first-order valence-corrected chi connectivity index (χ1v) is 4.76. The second-order valence-corrected chi connectivity index (χ2v) is 3.43. The van der Waals surface area contributed by atoms with Gasteiger partial charge in [-0.2, -0.15) is 0 Å². The van der Waals surface area contributed by atoms with Crippen LogP contribution in [0.15, 0.2) is 18.2 Å². The van der Waals surface area contributed by atoms with Crippen molar-refractivity contribution in [2.45, 2.75) is 6.10 Å². The maximum Gasteiger partial charge on any atom is 0.251 e. The van der Waals surface area contributed by atoms with E-state index in [1.807, 2.05) is 0 Å². The molecule has 0 saturated heterocycles. The van der Waals surface area contributed by atoms with Crippen LogP contribution < -0.4 is 16.8 Å². The molecule has 1 aromatic carbocycles. The van der Waals surface area contributed by atoms with E-state index in [-0.39, 0.29) is 6.54 Å². The van der Waals surface area contributed by atoms with Gasteiger partial charge in [0.15, 0.2) is 0 Å². The van der Waals surface area contributed by atoms with Crippen molar-refractivity contribution in [2.75, 3.05) is 24.6 Å². The van der Waals surface area contributed by atoms with Crippen molar-refractivity contribution < 1.29 is 15.0 Å². The number of rotatable bonds is 4. The zero-order valence-electron chi connectivity index (χ0n) is 8.68. The van der Waals surface area contributed by atoms with Gasteiger partial charge in [-0.1, -0.05) is 0 Å². The summed E-state index contributed by atoms with van der Waals surface area (Å²) in [6.07, 6.45) is -0.970. The third-order valence-electron chi connectivity index (χ3n) is 1.95. The second-order valence-electron chi connectivity index (χ2n) is 3.43. The van der Waals surface area contributed by atoms with E-state index in [2.05, 4.69) is 5.32 Å². The molecular formula is C10H15N3O3. The van der Waals surface area contributed by atoms with Crippen LogP contribution in [0.1, 0.15) is 10.4 Å². The molecule has 16 heavy (non-hydrogen) atoms. The van der Waals surface area contributed by atoms with Gasteiger partial charge in [0, 0.05) is 23.5 Å². The molecule has 1 amide bonds. The van der Waals surface area contributed by atoms with Gasteiger partial charge in [-0.05, 0) is 18.2 Å². The number of hydrogen-bond donors (Lipinski definition) is 5. The molecule has 1 atom stereocenters. The van der Waals surface area contributed by atoms with E-state index in [0.717, 1.165) is 0 Å². The Hall–Kier alpha value is -1.79. The predicted octanol–water partition coefficient (Wildman–Crippen LogP) is -1.07. The molecule has 0 spiro atoms. The maximum atomic E-state index is 11.6. The zero-order valence-corrected chi connectivity index (χ0v) is 8.68. The van der Waals surface area contributed by atoms with Crippen LogP contribution >= 0.6 is 0 Å². The number of nitrogens with two attached hydrogens (primary N) is 2. The van der Waals surface area contributed by atoms with Crippen LogP contribution in [0.25, 0.3) is 0 Å². The molecule has 7 N–H and O–H groups in total. The first-order chi connectivity index (χ1) is 7.52. The van der Waals surface area contributed by atoms with Crippen molar-refractivity contribution in [3.05, 3.63) is 23.8 Å². The molecule has 6 nitrogen and oxygen atoms in total. The lowest BCUT2D eigenvalue weighted by atomic mass is 10.1. The van der Waals surface area contributed by atoms with E-state index in [4.69, 9.17) is 21.7 Å². The molecule has 0 heterocycles. The summed E-state index contributed by atoms with van der Waals surface area (Å²) in [4.78, 5) is 11.6. The Morgan fingerprint density at radius 3 is 2.38 bits per heavy atom. The highest BCUT2D eigenvalue weighted by atomic mass is 16.3. The van der Waals surface area contributed by atoms with Gasteiger partial charge >= 0.3 is 0 Å². The van der Waals surface area contributed by atoms with Crippen LogP contribution in [0.5, 0.6) is 0 Å². The molecule has 88 valence electrons. The number of carbonyl (C=O) groups is 1. The summed E-state index contributed by atoms with van der Waals surface area (Å²) in [7, 11) is 0. The summed E-state index contributed by atoms with van der Waals surface area (Å²) in [5, 5.41) is 20.1. The van der Waals surface area contributed by atoms with Gasteiger partial charge in [0.05, 0.1) is 12.7 Å². The topological polar surface area (TPSA) is 122 Å². The summed E-state index contributed by atoms with van der Waals surface area (Å²) >= 11 is 0. The number of hydrogen-bond acceptors (Lipinski definition) is 5. The van der Waals surface area contributed by atoms with Crippen molar-refractivity contribution in [2.24, 2.45) is 0 Å². The quantitative estimate of drug-likeness (QED) is 0.418. The zero-order chi connectivity index (χ0) is 12.1. The van der Waals surface area contributed by atoms with E-state index in [1.165, 1.54) is 12.1 Å². The minimum atomic E-state index is -0.970. The van der Waals surface area contributed by atoms with Crippen molar-refractivity contribution in [1.82, 2.24) is 5.32 Å². The number of carbonyl (C=O) groups excluding carboxylic acids is 1. The molecule has 0 bridgehead atoms. The molecule has 0 saturated carbocycles. The third-order valence-corrected chi connectivity index (χ3v) is 1.95. The molecule has 0 aromatic heterocycles. The fourth-order valence-electron chi connectivity index (χ4n) is 1.18. The van der Waals surface area contributed by atoms with E-state index >= 15 is 0 Å². The number of aliphatic hydroxyl groups excluding tert-OH is 2. The normalized spacial score (nSPS) is 12.1. The number of benzene rings is 1. The van der Waals surface area contributed by atoms with Crippen molar-refractivity contribution in [1.29, 1.82) is 0 Å². The highest BCUT2D eigenvalue weighted by Gasteiger charge is 2.09. The third kappa shape index (κ3) is 3.41. The number of aliphatic hydroxyl groups is 2. The Morgan fingerprint density at radius 1 is 1.31 bits per heavy atom. The SMILES string of the molecule is Nc1cc(N)cc(C(=O)NCC(O)CO)c1. The van der Waals surface area contributed by atoms with Gasteiger partial charge in [-0.15, -0.1) is 0 Å². The lowest BCUT2D eigenvalue weighted by Crippen LogP contribution is -2.33. The van der Waals surface area contributed by atoms with Crippen LogP contribution in [-0.2, 0) is 0 Å². The van der Waals surface area contributed by atoms with Crippen molar-refractivity contribution >= 4 is 17.3 Å². The van der Waals surface area contributed by atoms with E-state index < -0.39 is 18.6 Å². The Balaban J connectivity index is 2.66. The number of nitrogens with one attached hydrogen (secondary N) is 1. The number of amides is 1. The van der Waals surface area contributed by atoms with Crippen LogP contribution in [0.4, 0.5) is 11.4 Å². The molecule has 0 aliphatic carbocycles. The lowest BCUT2D eigenvalue weighted by Gasteiger charge is -2.09. The van der Waals surface area contributed by atoms with Crippen molar-refractivity contribution in [3.8, 4) is 0 Å². The molecule has 1 aromatic rings. The molecule has 6 heteroatoms. The van der Waals surface area contributed by atoms with Crippen LogP contribution in [-0.4, -0.2) is 35.4 Å². The maximum absolute atomic E-state index is 11.6. The highest BCUT2D eigenvalue weighted by Crippen LogP contribution is 2.13. The molecule has 0 aliphatic heterocycles. The number of nitrogen functional groups attached to an aromatic ring is 2. The van der Waals surface area contributed by atoms with Crippen LogP contribution in [0.3, 0.4) is 0 Å². The Labute approximate surface area is 92.9 Å². The molecular weight excluding hydrogens is 210 g/mol. The molecule has 0 fully saturated rings. The van der Waals surface area contributed by atoms with Crippen molar-refractivity contribution in [3.63, 3.8) is 0 Å². The summed E-state index contributed by atoms with van der Waals surface area (Å²) in [5.41, 5.74) is 12.2. The molecule has 0 aliphatic rings. The standard InChI is InChI=1S/C10H15N3O3/c11-7-1-6(2-8(12)3-7)10(16)13-4-9(15)5-14/h1-3,9,14-15H,4-5,11-12H2,(H,13,16). The largest absolute Gasteiger partial charge is 0.399 e. The van der Waals surface area contributed by atoms with Gasteiger partial charge in [-0.25, -0.2) is 0 Å². The average Bonchev–Trinajstić information content (AvgIpc) is 2.23. The van der Waals surface area contributed by atoms with E-state index in [0.29, 0.717) is 16.9 Å². The fourth-order valence-corrected chi connectivity index (χ4v) is 1.18. The summed E-state index contributed by atoms with van der Waals surface area (Å²) in [5.74, 6) is -0.397. The van der Waals surface area contributed by atoms with Gasteiger partial charge < -0.3 is 27.0 Å². The van der Waals surface area contributed by atoms with Gasteiger partial charge in [-0.3, -0.25) is 4.79 Å². The molecule has 1 rings (SSSR count). The molecule has 1 unspecified atom stereocenters. The first kappa shape index (κ1) is 12.3. The number of anilines is 2. The summed E-state index contributed by atoms with van der Waals surface area (Å²) in [6.45, 7) is -0.427. The van der Waals surface area contributed by atoms with Gasteiger partial charge in [0.25, 0.3) is 5.91 Å². The highest BCUT2D eigenvalue weighted by molar-refractivity contribution is 5.96. The molecule has 0 radical (unpaired) electrons. The Kier molecular flexibility index (Phi) is 4.10. The van der Waals surface area contributed by atoms with E-state index in [1.54, 1.807) is 6.07 Å². The monoisotopic (exact) mass is 225 g/mol. The first-order valence-electron chi connectivity index (χ1n) is 4.76. The van der Waals surface area contributed by atoms with Crippen LogP contribution in [0.2, 0.25) is 0 Å². The minimum absolute atomic E-state index is 0.0238. The van der Waals surface area contributed by atoms with Crippen LogP contribution in [0, 0.1) is 0 Å². The van der Waals surface area contributed by atoms with Gasteiger partial charge in [0.2, 0.25) is 0 Å². The second kappa shape index (κ2) is 5.34. The Morgan fingerprint density at radius 2 is 1.88 bits per heavy atom. The summed E-state index contributed by atoms with van der Waals surface area (Å²) in [6, 6.07) is 4.51. The minimum Gasteiger partial charge on any atom is -0.399 e. The van der Waals surface area contributed by atoms with Gasteiger partial charge in [0.1, 0.15) is 0 Å². The fraction of sp³-hybridized carbons (Fsp3) is 0.300. The predicted molar refractivity (Wildman–Crippen MR) is 60.7 cm³/mol.